The number of carbonyl (C=O) groups is 1. The third-order valence-electron chi connectivity index (χ3n) is 1.56. The maximum Gasteiger partial charge on any atom is 0.529 e. The summed E-state index contributed by atoms with van der Waals surface area (Å²) in [7, 11) is 1.53. The van der Waals surface area contributed by atoms with Crippen LogP contribution >= 0.6 is 19.4 Å². The second-order valence-corrected chi connectivity index (χ2v) is 5.34. The molecule has 0 heterocycles. The molecular weight excluding hydrogens is 257 g/mol. The first kappa shape index (κ1) is 15.4. The Labute approximate surface area is 99.7 Å². The van der Waals surface area contributed by atoms with Crippen molar-refractivity contribution in [1.29, 1.82) is 0 Å². The van der Waals surface area contributed by atoms with E-state index in [9.17, 15) is 9.36 Å². The van der Waals surface area contributed by atoms with Gasteiger partial charge >= 0.3 is 7.82 Å². The van der Waals surface area contributed by atoms with Crippen molar-refractivity contribution in [3.63, 3.8) is 0 Å². The number of allylic oxidation sites excluding steroid dienone is 1. The minimum absolute atomic E-state index is 0.0630. The fraction of sp³-hybridized carbons (Fsp3) is 0.625. The lowest BCUT2D eigenvalue weighted by Gasteiger charge is -2.19. The van der Waals surface area contributed by atoms with Crippen molar-refractivity contribution < 1.29 is 22.9 Å². The van der Waals surface area contributed by atoms with Gasteiger partial charge in [-0.25, -0.2) is 4.57 Å². The van der Waals surface area contributed by atoms with E-state index in [1.54, 1.807) is 0 Å². The average Bonchev–Trinajstić information content (AvgIpc) is 2.24. The standard InChI is InChI=1S/C8H15ClNO5P/c1-6(9)7(8(11)10(2)3)15-16(12,13-4)14-5/h1-5H3/b7-6+. The van der Waals surface area contributed by atoms with Gasteiger partial charge in [-0.15, -0.1) is 0 Å². The van der Waals surface area contributed by atoms with Gasteiger partial charge in [-0.05, 0) is 6.92 Å². The van der Waals surface area contributed by atoms with Gasteiger partial charge in [0, 0.05) is 28.3 Å². The zero-order valence-electron chi connectivity index (χ0n) is 9.81. The summed E-state index contributed by atoms with van der Waals surface area (Å²) >= 11 is 5.68. The number of hydrogen-bond donors (Lipinski definition) is 0. The van der Waals surface area contributed by atoms with E-state index in [-0.39, 0.29) is 10.8 Å². The molecule has 0 atom stereocenters. The van der Waals surface area contributed by atoms with E-state index in [2.05, 4.69) is 9.05 Å². The summed E-state index contributed by atoms with van der Waals surface area (Å²) in [5, 5.41) is 0.0630. The van der Waals surface area contributed by atoms with E-state index in [0.717, 1.165) is 14.2 Å². The number of halogens is 1. The van der Waals surface area contributed by atoms with Crippen LogP contribution < -0.4 is 0 Å². The second-order valence-electron chi connectivity index (χ2n) is 2.97. The van der Waals surface area contributed by atoms with Gasteiger partial charge in [-0.1, -0.05) is 11.6 Å². The number of likely N-dealkylation sites (N-methyl/N-ethyl adjacent to an activating group) is 1. The van der Waals surface area contributed by atoms with E-state index in [0.29, 0.717) is 0 Å². The average molecular weight is 272 g/mol. The Morgan fingerprint density at radius 3 is 1.94 bits per heavy atom. The highest BCUT2D eigenvalue weighted by Gasteiger charge is 2.30. The van der Waals surface area contributed by atoms with Gasteiger partial charge in [0.1, 0.15) is 0 Å². The summed E-state index contributed by atoms with van der Waals surface area (Å²) in [5.41, 5.74) is 0. The molecule has 0 unspecified atom stereocenters. The van der Waals surface area contributed by atoms with Crippen molar-refractivity contribution >= 4 is 25.3 Å². The van der Waals surface area contributed by atoms with Gasteiger partial charge in [0.25, 0.3) is 5.91 Å². The molecule has 0 aromatic rings. The summed E-state index contributed by atoms with van der Waals surface area (Å²) in [6, 6.07) is 0. The Kier molecular flexibility index (Phi) is 6.04. The molecule has 0 N–H and O–H groups in total. The van der Waals surface area contributed by atoms with Crippen LogP contribution in [-0.4, -0.2) is 39.1 Å². The summed E-state index contributed by atoms with van der Waals surface area (Å²) in [6.45, 7) is 1.44. The third-order valence-corrected chi connectivity index (χ3v) is 3.04. The van der Waals surface area contributed by atoms with Gasteiger partial charge in [-0.3, -0.25) is 13.8 Å². The Hall–Kier alpha value is -0.550. The first-order valence-electron chi connectivity index (χ1n) is 4.26. The molecule has 0 aliphatic heterocycles. The van der Waals surface area contributed by atoms with Crippen LogP contribution in [0, 0.1) is 0 Å². The molecule has 0 fully saturated rings. The summed E-state index contributed by atoms with van der Waals surface area (Å²) < 4.78 is 25.6. The van der Waals surface area contributed by atoms with Gasteiger partial charge in [0.2, 0.25) is 5.76 Å². The lowest BCUT2D eigenvalue weighted by Crippen LogP contribution is -2.25. The largest absolute Gasteiger partial charge is 0.529 e. The molecule has 0 saturated heterocycles. The SMILES string of the molecule is COP(=O)(OC)O/C(C(=O)N(C)C)=C(\C)Cl. The zero-order chi connectivity index (χ0) is 12.9. The normalized spacial score (nSPS) is 13.1. The fourth-order valence-corrected chi connectivity index (χ4v) is 1.62. The summed E-state index contributed by atoms with van der Waals surface area (Å²) in [6.07, 6.45) is 0. The number of phosphoric ester groups is 1. The molecule has 0 aliphatic carbocycles. The molecule has 0 aromatic heterocycles. The lowest BCUT2D eigenvalue weighted by atomic mass is 10.4. The van der Waals surface area contributed by atoms with Gasteiger partial charge < -0.3 is 9.42 Å². The minimum atomic E-state index is -3.77. The zero-order valence-corrected chi connectivity index (χ0v) is 11.5. The number of amides is 1. The maximum absolute atomic E-state index is 11.7. The van der Waals surface area contributed by atoms with E-state index in [1.807, 2.05) is 0 Å². The van der Waals surface area contributed by atoms with Crippen LogP contribution in [0.5, 0.6) is 0 Å². The number of nitrogens with zero attached hydrogens (tertiary/aromatic N) is 1. The van der Waals surface area contributed by atoms with Crippen molar-refractivity contribution in [2.45, 2.75) is 6.92 Å². The second kappa shape index (κ2) is 6.25. The molecule has 0 spiro atoms. The van der Waals surface area contributed by atoms with E-state index in [4.69, 9.17) is 16.1 Å². The topological polar surface area (TPSA) is 65.1 Å². The van der Waals surface area contributed by atoms with Crippen molar-refractivity contribution in [2.24, 2.45) is 0 Å². The first-order valence-corrected chi connectivity index (χ1v) is 6.10. The Bertz CT molecular complexity index is 329. The monoisotopic (exact) mass is 271 g/mol. The molecule has 16 heavy (non-hydrogen) atoms. The minimum Gasteiger partial charge on any atom is -0.397 e. The molecule has 0 radical (unpaired) electrons. The van der Waals surface area contributed by atoms with Gasteiger partial charge in [-0.2, -0.15) is 0 Å². The number of hydrogen-bond acceptors (Lipinski definition) is 5. The highest BCUT2D eigenvalue weighted by atomic mass is 35.5. The lowest BCUT2D eigenvalue weighted by molar-refractivity contribution is -0.127. The molecule has 0 aromatic carbocycles. The van der Waals surface area contributed by atoms with E-state index >= 15 is 0 Å². The van der Waals surface area contributed by atoms with Crippen molar-refractivity contribution in [3.05, 3.63) is 10.8 Å². The molecule has 1 amide bonds. The van der Waals surface area contributed by atoms with Gasteiger partial charge in [0.15, 0.2) is 0 Å². The maximum atomic E-state index is 11.7. The van der Waals surface area contributed by atoms with Gasteiger partial charge in [0.05, 0.1) is 5.03 Å². The van der Waals surface area contributed by atoms with Crippen molar-refractivity contribution in [3.8, 4) is 0 Å². The van der Waals surface area contributed by atoms with E-state index in [1.165, 1.54) is 25.9 Å². The van der Waals surface area contributed by atoms with Crippen LogP contribution in [0.4, 0.5) is 0 Å². The van der Waals surface area contributed by atoms with Crippen molar-refractivity contribution in [2.75, 3.05) is 28.3 Å². The molecule has 94 valence electrons. The molecule has 8 heteroatoms. The predicted molar refractivity (Wildman–Crippen MR) is 60.0 cm³/mol. The summed E-state index contributed by atoms with van der Waals surface area (Å²) in [5.74, 6) is -0.791. The predicted octanol–water partition coefficient (Wildman–Crippen LogP) is 1.96. The number of phosphoric acid groups is 1. The highest BCUT2D eigenvalue weighted by molar-refractivity contribution is 7.48. The van der Waals surface area contributed by atoms with Crippen LogP contribution in [0.15, 0.2) is 10.8 Å². The Morgan fingerprint density at radius 2 is 1.69 bits per heavy atom. The fourth-order valence-electron chi connectivity index (χ4n) is 0.713. The smallest absolute Gasteiger partial charge is 0.397 e. The Balaban J connectivity index is 5.09. The van der Waals surface area contributed by atoms with Crippen LogP contribution in [0.3, 0.4) is 0 Å². The highest BCUT2D eigenvalue weighted by Crippen LogP contribution is 2.50. The molecule has 6 nitrogen and oxygen atoms in total. The van der Waals surface area contributed by atoms with Crippen LogP contribution in [-0.2, 0) is 22.9 Å². The summed E-state index contributed by atoms with van der Waals surface area (Å²) in [4.78, 5) is 12.9. The molecule has 0 rings (SSSR count). The van der Waals surface area contributed by atoms with Crippen LogP contribution in [0.25, 0.3) is 0 Å². The molecule has 0 bridgehead atoms. The molecular formula is C8H15ClNO5P. The molecule has 0 saturated carbocycles. The van der Waals surface area contributed by atoms with Crippen molar-refractivity contribution in [1.82, 2.24) is 4.90 Å². The quantitative estimate of drug-likeness (QED) is 0.434. The van der Waals surface area contributed by atoms with E-state index < -0.39 is 13.7 Å². The Morgan fingerprint density at radius 1 is 1.25 bits per heavy atom. The molecule has 0 aliphatic rings. The number of carbonyl (C=O) groups excluding carboxylic acids is 1. The first-order chi connectivity index (χ1) is 7.27. The number of rotatable bonds is 5. The third kappa shape index (κ3) is 4.14. The van der Waals surface area contributed by atoms with Crippen LogP contribution in [0.2, 0.25) is 0 Å². The van der Waals surface area contributed by atoms with Crippen LogP contribution in [0.1, 0.15) is 6.92 Å².